The zero-order chi connectivity index (χ0) is 15.0. The van der Waals surface area contributed by atoms with E-state index < -0.39 is 0 Å². The Morgan fingerprint density at radius 2 is 2.33 bits per heavy atom. The van der Waals surface area contributed by atoms with Gasteiger partial charge < -0.3 is 5.32 Å². The van der Waals surface area contributed by atoms with Crippen LogP contribution in [0.3, 0.4) is 0 Å². The number of hydrogen-bond donors (Lipinski definition) is 1. The fourth-order valence-electron chi connectivity index (χ4n) is 4.16. The van der Waals surface area contributed by atoms with E-state index in [1.807, 2.05) is 6.92 Å². The standard InChI is InChI=1S/C16H24ClN3O/c1-10(14-8-12-3-4-13(14)7-12)18-16(21)5-6-20-9-15(17)11(2)19-20/h9-10,12-14H,3-8H2,1-2H3,(H,18,21). The van der Waals surface area contributed by atoms with Gasteiger partial charge in [0.1, 0.15) is 0 Å². The van der Waals surface area contributed by atoms with Crippen LogP contribution in [0.4, 0.5) is 0 Å². The van der Waals surface area contributed by atoms with Gasteiger partial charge in [0.25, 0.3) is 0 Å². The second-order valence-electron chi connectivity index (χ2n) is 6.77. The molecule has 1 amide bonds. The van der Waals surface area contributed by atoms with E-state index in [1.54, 1.807) is 10.9 Å². The quantitative estimate of drug-likeness (QED) is 0.908. The lowest BCUT2D eigenvalue weighted by Gasteiger charge is -2.28. The van der Waals surface area contributed by atoms with E-state index in [0.717, 1.165) is 17.5 Å². The number of fused-ring (bicyclic) bond motifs is 2. The number of aromatic nitrogens is 2. The average Bonchev–Trinajstić information content (AvgIpc) is 3.13. The van der Waals surface area contributed by atoms with Crippen molar-refractivity contribution in [1.29, 1.82) is 0 Å². The molecule has 5 heteroatoms. The van der Waals surface area contributed by atoms with Crippen molar-refractivity contribution < 1.29 is 4.79 Å². The number of carbonyl (C=O) groups excluding carboxylic acids is 1. The summed E-state index contributed by atoms with van der Waals surface area (Å²) < 4.78 is 1.75. The number of hydrogen-bond acceptors (Lipinski definition) is 2. The molecule has 2 bridgehead atoms. The molecule has 1 aromatic rings. The summed E-state index contributed by atoms with van der Waals surface area (Å²) in [4.78, 5) is 12.1. The lowest BCUT2D eigenvalue weighted by atomic mass is 9.84. The molecular formula is C16H24ClN3O. The highest BCUT2D eigenvalue weighted by molar-refractivity contribution is 6.31. The highest BCUT2D eigenvalue weighted by Gasteiger charge is 2.42. The Morgan fingerprint density at radius 1 is 1.52 bits per heavy atom. The van der Waals surface area contributed by atoms with Crippen LogP contribution < -0.4 is 5.32 Å². The van der Waals surface area contributed by atoms with Gasteiger partial charge in [-0.2, -0.15) is 5.10 Å². The first kappa shape index (κ1) is 14.9. The largest absolute Gasteiger partial charge is 0.353 e. The minimum absolute atomic E-state index is 0.120. The van der Waals surface area contributed by atoms with Gasteiger partial charge in [0, 0.05) is 25.2 Å². The lowest BCUT2D eigenvalue weighted by Crippen LogP contribution is -2.40. The molecule has 3 rings (SSSR count). The predicted octanol–water partition coefficient (Wildman–Crippen LogP) is 3.18. The molecule has 1 aromatic heterocycles. The zero-order valence-corrected chi connectivity index (χ0v) is 13.6. The maximum atomic E-state index is 12.1. The van der Waals surface area contributed by atoms with E-state index in [0.29, 0.717) is 29.9 Å². The molecule has 116 valence electrons. The predicted molar refractivity (Wildman–Crippen MR) is 83.1 cm³/mol. The summed E-state index contributed by atoms with van der Waals surface area (Å²) in [5, 5.41) is 8.12. The number of amides is 1. The van der Waals surface area contributed by atoms with Crippen molar-refractivity contribution in [3.8, 4) is 0 Å². The van der Waals surface area contributed by atoms with E-state index in [9.17, 15) is 4.79 Å². The van der Waals surface area contributed by atoms with Crippen LogP contribution in [0.2, 0.25) is 5.02 Å². The maximum absolute atomic E-state index is 12.1. The normalized spacial score (nSPS) is 28.8. The molecule has 4 atom stereocenters. The molecule has 0 radical (unpaired) electrons. The van der Waals surface area contributed by atoms with Crippen LogP contribution >= 0.6 is 11.6 Å². The molecule has 2 aliphatic rings. The molecule has 21 heavy (non-hydrogen) atoms. The number of rotatable bonds is 5. The summed E-state index contributed by atoms with van der Waals surface area (Å²) in [5.41, 5.74) is 0.812. The van der Waals surface area contributed by atoms with Crippen LogP contribution in [0, 0.1) is 24.7 Å². The summed E-state index contributed by atoms with van der Waals surface area (Å²) in [6, 6.07) is 0.302. The molecule has 1 N–H and O–H groups in total. The molecule has 0 aromatic carbocycles. The monoisotopic (exact) mass is 309 g/mol. The van der Waals surface area contributed by atoms with Crippen molar-refractivity contribution in [3.63, 3.8) is 0 Å². The molecule has 4 nitrogen and oxygen atoms in total. The third-order valence-corrected chi connectivity index (χ3v) is 5.65. The van der Waals surface area contributed by atoms with E-state index in [4.69, 9.17) is 11.6 Å². The molecule has 2 fully saturated rings. The summed E-state index contributed by atoms with van der Waals surface area (Å²) in [6.07, 6.45) is 7.70. The summed E-state index contributed by atoms with van der Waals surface area (Å²) >= 11 is 5.97. The van der Waals surface area contributed by atoms with Crippen molar-refractivity contribution in [2.75, 3.05) is 0 Å². The second-order valence-corrected chi connectivity index (χ2v) is 7.18. The van der Waals surface area contributed by atoms with E-state index in [2.05, 4.69) is 17.3 Å². The van der Waals surface area contributed by atoms with Crippen molar-refractivity contribution in [3.05, 3.63) is 16.9 Å². The molecule has 0 aliphatic heterocycles. The number of aryl methyl sites for hydroxylation is 2. The molecule has 0 saturated heterocycles. The number of nitrogens with one attached hydrogen (secondary N) is 1. The Balaban J connectivity index is 1.45. The first-order valence-electron chi connectivity index (χ1n) is 8.02. The Kier molecular flexibility index (Phi) is 4.25. The van der Waals surface area contributed by atoms with Gasteiger partial charge in [0.15, 0.2) is 0 Å². The fraction of sp³-hybridized carbons (Fsp3) is 0.750. The molecular weight excluding hydrogens is 286 g/mol. The highest BCUT2D eigenvalue weighted by Crippen LogP contribution is 2.49. The first-order chi connectivity index (χ1) is 10.0. The zero-order valence-electron chi connectivity index (χ0n) is 12.8. The van der Waals surface area contributed by atoms with E-state index in [-0.39, 0.29) is 5.91 Å². The first-order valence-corrected chi connectivity index (χ1v) is 8.39. The molecule has 2 aliphatic carbocycles. The van der Waals surface area contributed by atoms with Crippen LogP contribution in [0.1, 0.15) is 44.7 Å². The molecule has 0 spiro atoms. The molecule has 4 unspecified atom stereocenters. The van der Waals surface area contributed by atoms with Gasteiger partial charge in [-0.15, -0.1) is 0 Å². The molecule has 2 saturated carbocycles. The van der Waals surface area contributed by atoms with Gasteiger partial charge in [0.2, 0.25) is 5.91 Å². The topological polar surface area (TPSA) is 46.9 Å². The Hall–Kier alpha value is -1.03. The van der Waals surface area contributed by atoms with Crippen LogP contribution in [0.25, 0.3) is 0 Å². The van der Waals surface area contributed by atoms with Gasteiger partial charge in [-0.1, -0.05) is 18.0 Å². The van der Waals surface area contributed by atoms with Crippen molar-refractivity contribution in [2.45, 2.75) is 58.5 Å². The SMILES string of the molecule is Cc1nn(CCC(=O)NC(C)C2CC3CCC2C3)cc1Cl. The summed E-state index contributed by atoms with van der Waals surface area (Å²) in [7, 11) is 0. The van der Waals surface area contributed by atoms with Gasteiger partial charge in [-0.25, -0.2) is 0 Å². The van der Waals surface area contributed by atoms with Crippen LogP contribution in [-0.2, 0) is 11.3 Å². The van der Waals surface area contributed by atoms with Gasteiger partial charge in [-0.3, -0.25) is 9.48 Å². The van der Waals surface area contributed by atoms with E-state index >= 15 is 0 Å². The van der Waals surface area contributed by atoms with Crippen molar-refractivity contribution in [2.24, 2.45) is 17.8 Å². The van der Waals surface area contributed by atoms with Crippen molar-refractivity contribution in [1.82, 2.24) is 15.1 Å². The number of halogens is 1. The highest BCUT2D eigenvalue weighted by atomic mass is 35.5. The minimum Gasteiger partial charge on any atom is -0.353 e. The van der Waals surface area contributed by atoms with Gasteiger partial charge in [0.05, 0.1) is 10.7 Å². The van der Waals surface area contributed by atoms with Gasteiger partial charge in [-0.05, 0) is 50.9 Å². The Bertz CT molecular complexity index is 508. The third-order valence-electron chi connectivity index (χ3n) is 5.28. The van der Waals surface area contributed by atoms with Crippen LogP contribution in [-0.4, -0.2) is 21.7 Å². The Labute approximate surface area is 131 Å². The van der Waals surface area contributed by atoms with Crippen LogP contribution in [0.15, 0.2) is 6.20 Å². The van der Waals surface area contributed by atoms with Gasteiger partial charge >= 0.3 is 0 Å². The number of nitrogens with zero attached hydrogens (tertiary/aromatic N) is 2. The smallest absolute Gasteiger partial charge is 0.222 e. The number of carbonyl (C=O) groups is 1. The second kappa shape index (κ2) is 5.99. The fourth-order valence-corrected chi connectivity index (χ4v) is 4.31. The van der Waals surface area contributed by atoms with E-state index in [1.165, 1.54) is 25.7 Å². The summed E-state index contributed by atoms with van der Waals surface area (Å²) in [5.74, 6) is 2.58. The molecule has 1 heterocycles. The lowest BCUT2D eigenvalue weighted by molar-refractivity contribution is -0.122. The average molecular weight is 310 g/mol. The maximum Gasteiger partial charge on any atom is 0.222 e. The minimum atomic E-state index is 0.120. The van der Waals surface area contributed by atoms with Crippen LogP contribution in [0.5, 0.6) is 0 Å². The Morgan fingerprint density at radius 3 is 2.90 bits per heavy atom. The van der Waals surface area contributed by atoms with Crippen molar-refractivity contribution >= 4 is 17.5 Å². The third kappa shape index (κ3) is 3.25. The summed E-state index contributed by atoms with van der Waals surface area (Å²) in [6.45, 7) is 4.62.